The third-order valence-corrected chi connectivity index (χ3v) is 1.47. The Morgan fingerprint density at radius 3 is 3.00 bits per heavy atom. The highest BCUT2D eigenvalue weighted by Gasteiger charge is 2.02. The van der Waals surface area contributed by atoms with Gasteiger partial charge in [0, 0.05) is 7.05 Å². The highest BCUT2D eigenvalue weighted by atomic mass is 15.2. The van der Waals surface area contributed by atoms with Crippen molar-refractivity contribution in [2.45, 2.75) is 0 Å². The zero-order chi connectivity index (χ0) is 7.68. The summed E-state index contributed by atoms with van der Waals surface area (Å²) in [4.78, 5) is 7.94. The van der Waals surface area contributed by atoms with Crippen LogP contribution < -0.4 is 0 Å². The van der Waals surface area contributed by atoms with Crippen LogP contribution in [0.25, 0.3) is 11.5 Å². The summed E-state index contributed by atoms with van der Waals surface area (Å²) < 4.78 is 1.88. The molecule has 0 saturated heterocycles. The van der Waals surface area contributed by atoms with Crippen LogP contribution in [0.2, 0.25) is 0 Å². The molecule has 0 saturated carbocycles. The standard InChI is InChI=1S/C6H7N5/c1-11-4-7-2-5(11)6-8-3-9-10-6/h2-4H,1H3,(H,8,9,10). The zero-order valence-corrected chi connectivity index (χ0v) is 6.02. The van der Waals surface area contributed by atoms with Crippen molar-refractivity contribution >= 4 is 0 Å². The molecule has 1 N–H and O–H groups in total. The van der Waals surface area contributed by atoms with Crippen LogP contribution in [0.5, 0.6) is 0 Å². The molecule has 2 aromatic heterocycles. The van der Waals surface area contributed by atoms with Gasteiger partial charge in [-0.1, -0.05) is 0 Å². The molecule has 0 spiro atoms. The molecule has 56 valence electrons. The summed E-state index contributed by atoms with van der Waals surface area (Å²) in [6, 6.07) is 0. The van der Waals surface area contributed by atoms with Crippen LogP contribution in [0.15, 0.2) is 18.9 Å². The van der Waals surface area contributed by atoms with E-state index in [4.69, 9.17) is 0 Å². The first-order valence-corrected chi connectivity index (χ1v) is 3.20. The lowest BCUT2D eigenvalue weighted by Crippen LogP contribution is -1.90. The summed E-state index contributed by atoms with van der Waals surface area (Å²) in [7, 11) is 1.91. The second kappa shape index (κ2) is 2.19. The van der Waals surface area contributed by atoms with Crippen LogP contribution >= 0.6 is 0 Å². The minimum atomic E-state index is 0.741. The van der Waals surface area contributed by atoms with Gasteiger partial charge in [0.25, 0.3) is 0 Å². The van der Waals surface area contributed by atoms with Crippen molar-refractivity contribution in [3.63, 3.8) is 0 Å². The summed E-state index contributed by atoms with van der Waals surface area (Å²) in [6.45, 7) is 0. The molecule has 0 amide bonds. The lowest BCUT2D eigenvalue weighted by molar-refractivity contribution is 0.909. The summed E-state index contributed by atoms with van der Waals surface area (Å²) >= 11 is 0. The normalized spacial score (nSPS) is 10.3. The van der Waals surface area contributed by atoms with Crippen LogP contribution in [-0.4, -0.2) is 24.7 Å². The van der Waals surface area contributed by atoms with Gasteiger partial charge in [-0.15, -0.1) is 0 Å². The number of nitrogens with zero attached hydrogens (tertiary/aromatic N) is 4. The number of aromatic amines is 1. The average Bonchev–Trinajstić information content (AvgIpc) is 2.55. The minimum absolute atomic E-state index is 0.741. The lowest BCUT2D eigenvalue weighted by atomic mass is 10.4. The van der Waals surface area contributed by atoms with Crippen LogP contribution in [0.1, 0.15) is 0 Å². The molecule has 0 aliphatic rings. The van der Waals surface area contributed by atoms with Crippen LogP contribution in [0, 0.1) is 0 Å². The molecular weight excluding hydrogens is 142 g/mol. The van der Waals surface area contributed by atoms with Gasteiger partial charge in [-0.2, -0.15) is 5.10 Å². The molecule has 0 aliphatic heterocycles. The second-order valence-electron chi connectivity index (χ2n) is 2.22. The first kappa shape index (κ1) is 6.09. The van der Waals surface area contributed by atoms with Gasteiger partial charge in [0.15, 0.2) is 5.82 Å². The zero-order valence-electron chi connectivity index (χ0n) is 6.02. The van der Waals surface area contributed by atoms with Crippen molar-refractivity contribution in [1.82, 2.24) is 24.7 Å². The van der Waals surface area contributed by atoms with Gasteiger partial charge in [-0.05, 0) is 0 Å². The van der Waals surface area contributed by atoms with E-state index >= 15 is 0 Å². The van der Waals surface area contributed by atoms with Gasteiger partial charge in [0.2, 0.25) is 0 Å². The molecule has 11 heavy (non-hydrogen) atoms. The SMILES string of the molecule is Cn1cncc1-c1ncn[nH]1. The van der Waals surface area contributed by atoms with E-state index in [1.54, 1.807) is 12.5 Å². The van der Waals surface area contributed by atoms with Crippen molar-refractivity contribution in [1.29, 1.82) is 0 Å². The molecule has 0 unspecified atom stereocenters. The number of aryl methyl sites for hydroxylation is 1. The number of nitrogens with one attached hydrogen (secondary N) is 1. The van der Waals surface area contributed by atoms with E-state index < -0.39 is 0 Å². The van der Waals surface area contributed by atoms with Crippen molar-refractivity contribution in [2.75, 3.05) is 0 Å². The van der Waals surface area contributed by atoms with Gasteiger partial charge in [-0.25, -0.2) is 9.97 Å². The quantitative estimate of drug-likeness (QED) is 0.630. The summed E-state index contributed by atoms with van der Waals surface area (Å²) in [5.74, 6) is 0.741. The number of hydrogen-bond donors (Lipinski definition) is 1. The molecular formula is C6H7N5. The Hall–Kier alpha value is -1.65. The summed E-state index contributed by atoms with van der Waals surface area (Å²) in [5.41, 5.74) is 0.933. The summed E-state index contributed by atoms with van der Waals surface area (Å²) in [6.07, 6.45) is 4.93. The third kappa shape index (κ3) is 0.899. The Kier molecular flexibility index (Phi) is 1.21. The molecule has 5 heteroatoms. The van der Waals surface area contributed by atoms with Gasteiger partial charge in [0.05, 0.1) is 12.5 Å². The fourth-order valence-corrected chi connectivity index (χ4v) is 0.914. The Balaban J connectivity index is 2.53. The van der Waals surface area contributed by atoms with Gasteiger partial charge < -0.3 is 4.57 Å². The van der Waals surface area contributed by atoms with Crippen molar-refractivity contribution in [2.24, 2.45) is 7.05 Å². The van der Waals surface area contributed by atoms with Crippen LogP contribution in [0.4, 0.5) is 0 Å². The minimum Gasteiger partial charge on any atom is -0.331 e. The molecule has 2 rings (SSSR count). The first-order chi connectivity index (χ1) is 5.38. The Morgan fingerprint density at radius 2 is 2.45 bits per heavy atom. The molecule has 0 aliphatic carbocycles. The lowest BCUT2D eigenvalue weighted by Gasteiger charge is -1.94. The van der Waals surface area contributed by atoms with Crippen molar-refractivity contribution in [3.05, 3.63) is 18.9 Å². The smallest absolute Gasteiger partial charge is 0.173 e. The Morgan fingerprint density at radius 1 is 1.55 bits per heavy atom. The molecule has 0 fully saturated rings. The van der Waals surface area contributed by atoms with E-state index in [0.29, 0.717) is 0 Å². The number of H-pyrrole nitrogens is 1. The number of imidazole rings is 1. The van der Waals surface area contributed by atoms with Crippen LogP contribution in [-0.2, 0) is 7.05 Å². The second-order valence-corrected chi connectivity index (χ2v) is 2.22. The maximum atomic E-state index is 3.99. The molecule has 0 aromatic carbocycles. The number of hydrogen-bond acceptors (Lipinski definition) is 3. The molecule has 2 heterocycles. The largest absolute Gasteiger partial charge is 0.331 e. The number of aromatic nitrogens is 5. The predicted molar refractivity (Wildman–Crippen MR) is 38.6 cm³/mol. The molecule has 0 bridgehead atoms. The molecule has 0 radical (unpaired) electrons. The van der Waals surface area contributed by atoms with Crippen LogP contribution in [0.3, 0.4) is 0 Å². The fourth-order valence-electron chi connectivity index (χ4n) is 0.914. The van der Waals surface area contributed by atoms with Gasteiger partial charge in [0.1, 0.15) is 12.0 Å². The summed E-state index contributed by atoms with van der Waals surface area (Å²) in [5, 5.41) is 6.50. The van der Waals surface area contributed by atoms with E-state index in [-0.39, 0.29) is 0 Å². The fraction of sp³-hybridized carbons (Fsp3) is 0.167. The monoisotopic (exact) mass is 149 g/mol. The van der Waals surface area contributed by atoms with Crippen molar-refractivity contribution < 1.29 is 0 Å². The predicted octanol–water partition coefficient (Wildman–Crippen LogP) is 0.205. The maximum absolute atomic E-state index is 3.99. The highest BCUT2D eigenvalue weighted by molar-refractivity contribution is 5.46. The Labute approximate surface area is 63.1 Å². The Bertz CT molecular complexity index is 333. The van der Waals surface area contributed by atoms with E-state index in [1.807, 2.05) is 11.6 Å². The number of rotatable bonds is 1. The topological polar surface area (TPSA) is 59.4 Å². The van der Waals surface area contributed by atoms with Crippen molar-refractivity contribution in [3.8, 4) is 11.5 Å². The first-order valence-electron chi connectivity index (χ1n) is 3.20. The van der Waals surface area contributed by atoms with Gasteiger partial charge in [-0.3, -0.25) is 5.10 Å². The molecule has 0 atom stereocenters. The van der Waals surface area contributed by atoms with Gasteiger partial charge >= 0.3 is 0 Å². The maximum Gasteiger partial charge on any atom is 0.173 e. The third-order valence-electron chi connectivity index (χ3n) is 1.47. The molecule has 2 aromatic rings. The molecule has 5 nitrogen and oxygen atoms in total. The highest BCUT2D eigenvalue weighted by Crippen LogP contribution is 2.09. The van der Waals surface area contributed by atoms with E-state index in [1.165, 1.54) is 6.33 Å². The average molecular weight is 149 g/mol. The van der Waals surface area contributed by atoms with E-state index in [9.17, 15) is 0 Å². The van der Waals surface area contributed by atoms with E-state index in [0.717, 1.165) is 11.5 Å². The van der Waals surface area contributed by atoms with E-state index in [2.05, 4.69) is 20.2 Å².